The van der Waals surface area contributed by atoms with E-state index in [0.717, 1.165) is 37.0 Å². The Bertz CT molecular complexity index is 1420. The van der Waals surface area contributed by atoms with Crippen LogP contribution in [0.5, 0.6) is 0 Å². The van der Waals surface area contributed by atoms with Gasteiger partial charge in [-0.15, -0.1) is 0 Å². The SMILES string of the molecule is C[C@H]1[C@@H](N2CCN(C(N)=Nc3ccc4c(c3)C(=O)N(CCc3ccc(Cl)cc3Cl)C4=O)C[C@@H]2C)C[C@@H]2C[C@@H]1C2(C)C. The summed E-state index contributed by atoms with van der Waals surface area (Å²) in [5.41, 5.74) is 9.14. The standard InChI is InChI=1S/C32H39Cl2N5O2/c1-18-17-37(11-12-38(18)28-14-21-13-26(19(28)2)32(21,3)4)31(35)36-23-7-8-24-25(16-23)30(41)39(29(24)40)10-9-20-5-6-22(33)15-27(20)34/h5-8,15-16,18-19,21,26,28H,9-14,17H2,1-4H3,(H2,35,36)/t18-,19+,21-,26-,28-/m0/s1. The zero-order chi connectivity index (χ0) is 29.2. The van der Waals surface area contributed by atoms with E-state index >= 15 is 0 Å². The van der Waals surface area contributed by atoms with Crippen molar-refractivity contribution in [1.29, 1.82) is 0 Å². The van der Waals surface area contributed by atoms with E-state index in [1.165, 1.54) is 17.7 Å². The van der Waals surface area contributed by atoms with Crippen LogP contribution in [0.1, 0.15) is 66.8 Å². The summed E-state index contributed by atoms with van der Waals surface area (Å²) in [7, 11) is 0. The number of benzene rings is 2. The first kappa shape index (κ1) is 28.5. The van der Waals surface area contributed by atoms with E-state index < -0.39 is 0 Å². The molecule has 218 valence electrons. The van der Waals surface area contributed by atoms with Gasteiger partial charge in [-0.05, 0) is 85.3 Å². The molecule has 2 aromatic carbocycles. The summed E-state index contributed by atoms with van der Waals surface area (Å²) in [6.45, 7) is 12.5. The molecule has 4 fully saturated rings. The lowest BCUT2D eigenvalue weighted by Gasteiger charge is -2.64. The van der Waals surface area contributed by atoms with E-state index in [0.29, 0.717) is 62.7 Å². The number of nitrogens with zero attached hydrogens (tertiary/aromatic N) is 4. The molecule has 2 aliphatic heterocycles. The van der Waals surface area contributed by atoms with Gasteiger partial charge in [-0.1, -0.05) is 50.0 Å². The van der Waals surface area contributed by atoms with Crippen molar-refractivity contribution in [3.8, 4) is 0 Å². The van der Waals surface area contributed by atoms with Crippen LogP contribution in [0.25, 0.3) is 0 Å². The first-order valence-electron chi connectivity index (χ1n) is 14.7. The number of aliphatic imine (C=N–C) groups is 1. The predicted molar refractivity (Wildman–Crippen MR) is 164 cm³/mol. The Hall–Kier alpha value is -2.61. The number of nitrogens with two attached hydrogens (primary N) is 1. The van der Waals surface area contributed by atoms with Crippen LogP contribution in [0.2, 0.25) is 10.0 Å². The molecule has 3 aliphatic carbocycles. The highest BCUT2D eigenvalue weighted by atomic mass is 35.5. The van der Waals surface area contributed by atoms with Gasteiger partial charge in [-0.2, -0.15) is 0 Å². The molecular formula is C32H39Cl2N5O2. The number of hydrogen-bond acceptors (Lipinski definition) is 4. The number of rotatable bonds is 5. The maximum absolute atomic E-state index is 13.2. The molecule has 0 radical (unpaired) electrons. The molecule has 5 atom stereocenters. The summed E-state index contributed by atoms with van der Waals surface area (Å²) in [6, 6.07) is 11.4. The van der Waals surface area contributed by atoms with E-state index in [1.54, 1.807) is 30.3 Å². The molecular weight excluding hydrogens is 557 g/mol. The Kier molecular flexibility index (Phi) is 7.36. The second kappa shape index (κ2) is 10.6. The maximum Gasteiger partial charge on any atom is 0.261 e. The number of fused-ring (bicyclic) bond motifs is 3. The number of amides is 2. The molecule has 7 rings (SSSR count). The van der Waals surface area contributed by atoms with Gasteiger partial charge in [0.1, 0.15) is 0 Å². The molecule has 2 heterocycles. The minimum Gasteiger partial charge on any atom is -0.369 e. The van der Waals surface area contributed by atoms with Gasteiger partial charge in [-0.25, -0.2) is 4.99 Å². The van der Waals surface area contributed by atoms with Gasteiger partial charge in [-0.3, -0.25) is 19.4 Å². The van der Waals surface area contributed by atoms with Crippen LogP contribution in [0.4, 0.5) is 5.69 Å². The molecule has 41 heavy (non-hydrogen) atoms. The zero-order valence-electron chi connectivity index (χ0n) is 24.2. The van der Waals surface area contributed by atoms with Crippen molar-refractivity contribution in [2.45, 2.75) is 59.0 Å². The number of carbonyl (C=O) groups is 2. The fourth-order valence-electron chi connectivity index (χ4n) is 7.94. The van der Waals surface area contributed by atoms with E-state index in [-0.39, 0.29) is 18.4 Å². The summed E-state index contributed by atoms with van der Waals surface area (Å²) in [5.74, 6) is 2.19. The average Bonchev–Trinajstić information content (AvgIpc) is 3.16. The van der Waals surface area contributed by atoms with Gasteiger partial charge >= 0.3 is 0 Å². The van der Waals surface area contributed by atoms with E-state index in [4.69, 9.17) is 28.9 Å². The van der Waals surface area contributed by atoms with Crippen LogP contribution in [-0.2, 0) is 6.42 Å². The molecule has 7 nitrogen and oxygen atoms in total. The molecule has 2 aromatic rings. The second-order valence-corrected chi connectivity index (χ2v) is 13.8. The molecule has 2 N–H and O–H groups in total. The molecule has 5 aliphatic rings. The molecule has 0 aromatic heterocycles. The highest BCUT2D eigenvalue weighted by Crippen LogP contribution is 2.62. The minimum atomic E-state index is -0.323. The van der Waals surface area contributed by atoms with Crippen molar-refractivity contribution in [3.63, 3.8) is 0 Å². The van der Waals surface area contributed by atoms with Gasteiger partial charge < -0.3 is 10.6 Å². The fraction of sp³-hybridized carbons (Fsp3) is 0.531. The Balaban J connectivity index is 1.10. The van der Waals surface area contributed by atoms with Crippen molar-refractivity contribution >= 4 is 46.7 Å². The lowest BCUT2D eigenvalue weighted by atomic mass is 9.44. The molecule has 0 unspecified atom stereocenters. The van der Waals surface area contributed by atoms with Crippen LogP contribution in [-0.4, -0.2) is 70.7 Å². The van der Waals surface area contributed by atoms with Crippen molar-refractivity contribution in [1.82, 2.24) is 14.7 Å². The average molecular weight is 597 g/mol. The van der Waals surface area contributed by atoms with Gasteiger partial charge in [0.05, 0.1) is 16.8 Å². The van der Waals surface area contributed by atoms with Crippen LogP contribution in [0, 0.1) is 23.2 Å². The molecule has 0 spiro atoms. The number of guanidine groups is 1. The summed E-state index contributed by atoms with van der Waals surface area (Å²) >= 11 is 12.3. The number of hydrogen-bond donors (Lipinski definition) is 1. The Morgan fingerprint density at radius 1 is 1.02 bits per heavy atom. The topological polar surface area (TPSA) is 82.2 Å². The van der Waals surface area contributed by atoms with Crippen LogP contribution in [0.15, 0.2) is 41.4 Å². The Labute approximate surface area is 252 Å². The van der Waals surface area contributed by atoms with Crippen LogP contribution >= 0.6 is 23.2 Å². The van der Waals surface area contributed by atoms with E-state index in [1.807, 2.05) is 6.07 Å². The molecule has 3 saturated carbocycles. The van der Waals surface area contributed by atoms with Gasteiger partial charge in [0.25, 0.3) is 11.8 Å². The van der Waals surface area contributed by atoms with Crippen molar-refractivity contribution < 1.29 is 9.59 Å². The third kappa shape index (κ3) is 4.94. The predicted octanol–water partition coefficient (Wildman–Crippen LogP) is 5.86. The van der Waals surface area contributed by atoms with E-state index in [9.17, 15) is 9.59 Å². The first-order chi connectivity index (χ1) is 19.5. The Morgan fingerprint density at radius 3 is 2.46 bits per heavy atom. The van der Waals surface area contributed by atoms with Crippen molar-refractivity contribution in [3.05, 3.63) is 63.1 Å². The van der Waals surface area contributed by atoms with Crippen molar-refractivity contribution in [2.24, 2.45) is 33.9 Å². The Morgan fingerprint density at radius 2 is 1.78 bits per heavy atom. The van der Waals surface area contributed by atoms with E-state index in [2.05, 4.69) is 42.5 Å². The second-order valence-electron chi connectivity index (χ2n) is 13.0. The highest BCUT2D eigenvalue weighted by Gasteiger charge is 2.57. The third-order valence-electron chi connectivity index (χ3n) is 10.6. The molecule has 2 bridgehead atoms. The number of piperazine rings is 1. The molecule has 1 saturated heterocycles. The summed E-state index contributed by atoms with van der Waals surface area (Å²) in [4.78, 5) is 37.0. The zero-order valence-corrected chi connectivity index (χ0v) is 25.8. The summed E-state index contributed by atoms with van der Waals surface area (Å²) in [5, 5.41) is 1.06. The lowest BCUT2D eigenvalue weighted by Crippen LogP contribution is -2.65. The summed E-state index contributed by atoms with van der Waals surface area (Å²) < 4.78 is 0. The normalized spacial score (nSPS) is 29.5. The molecule has 2 amide bonds. The lowest BCUT2D eigenvalue weighted by molar-refractivity contribution is -0.147. The largest absolute Gasteiger partial charge is 0.369 e. The van der Waals surface area contributed by atoms with Crippen molar-refractivity contribution in [2.75, 3.05) is 26.2 Å². The fourth-order valence-corrected chi connectivity index (χ4v) is 8.45. The number of halogens is 2. The van der Waals surface area contributed by atoms with Crippen LogP contribution < -0.4 is 5.73 Å². The smallest absolute Gasteiger partial charge is 0.261 e. The third-order valence-corrected chi connectivity index (χ3v) is 11.1. The maximum atomic E-state index is 13.2. The van der Waals surface area contributed by atoms with Gasteiger partial charge in [0.2, 0.25) is 0 Å². The van der Waals surface area contributed by atoms with Crippen LogP contribution in [0.3, 0.4) is 0 Å². The molecule has 9 heteroatoms. The monoisotopic (exact) mass is 595 g/mol. The van der Waals surface area contributed by atoms with Gasteiger partial charge in [0.15, 0.2) is 5.96 Å². The number of carbonyl (C=O) groups excluding carboxylic acids is 2. The minimum absolute atomic E-state index is 0.231. The highest BCUT2D eigenvalue weighted by molar-refractivity contribution is 6.35. The first-order valence-corrected chi connectivity index (χ1v) is 15.5. The summed E-state index contributed by atoms with van der Waals surface area (Å²) in [6.07, 6.45) is 3.13. The van der Waals surface area contributed by atoms with Gasteiger partial charge in [0, 0.05) is 48.3 Å². The number of imide groups is 1. The quantitative estimate of drug-likeness (QED) is 0.266.